The molecule has 0 saturated carbocycles. The first-order valence-corrected chi connectivity index (χ1v) is 8.22. The van der Waals surface area contributed by atoms with Crippen molar-refractivity contribution in [2.75, 3.05) is 0 Å². The largest absolute Gasteiger partial charge is 0.492 e. The number of H-pyrrole nitrogens is 1. The summed E-state index contributed by atoms with van der Waals surface area (Å²) >= 11 is 0. The average molecular weight is 391 g/mol. The van der Waals surface area contributed by atoms with Crippen LogP contribution in [0.15, 0.2) is 70.0 Å². The highest BCUT2D eigenvalue weighted by Gasteiger charge is 2.20. The number of aromatic nitrogens is 6. The zero-order valence-electron chi connectivity index (χ0n) is 14.7. The Labute approximate surface area is 162 Å². The van der Waals surface area contributed by atoms with Gasteiger partial charge in [-0.25, -0.2) is 14.6 Å². The number of aromatic hydroxyl groups is 1. The number of hydrogen-bond acceptors (Lipinski definition) is 8. The van der Waals surface area contributed by atoms with Crippen LogP contribution in [0.3, 0.4) is 0 Å². The Morgan fingerprint density at radius 3 is 2.52 bits per heavy atom. The third-order valence-corrected chi connectivity index (χ3v) is 3.86. The minimum absolute atomic E-state index is 0.0559. The summed E-state index contributed by atoms with van der Waals surface area (Å²) in [5.41, 5.74) is 4.78. The van der Waals surface area contributed by atoms with Crippen LogP contribution < -0.4 is 11.3 Å². The maximum Gasteiger partial charge on any atom is 0.296 e. The Balaban J connectivity index is 1.79. The Bertz CT molecular complexity index is 1260. The van der Waals surface area contributed by atoms with E-state index in [1.54, 1.807) is 36.4 Å². The summed E-state index contributed by atoms with van der Waals surface area (Å²) in [6.07, 6.45) is 4.14. The first kappa shape index (κ1) is 17.8. The smallest absolute Gasteiger partial charge is 0.296 e. The predicted molar refractivity (Wildman–Crippen MR) is 99.9 cm³/mol. The van der Waals surface area contributed by atoms with Gasteiger partial charge in [0.25, 0.3) is 17.4 Å². The number of amides is 1. The van der Waals surface area contributed by atoms with Crippen LogP contribution in [0.4, 0.5) is 11.5 Å². The molecule has 29 heavy (non-hydrogen) atoms. The number of carbonyl (C=O) groups is 1. The number of benzene rings is 1. The van der Waals surface area contributed by atoms with Gasteiger partial charge in [-0.1, -0.05) is 18.2 Å². The zero-order chi connectivity index (χ0) is 20.4. The van der Waals surface area contributed by atoms with Gasteiger partial charge in [-0.15, -0.1) is 10.2 Å². The van der Waals surface area contributed by atoms with Crippen LogP contribution in [0, 0.1) is 0 Å². The summed E-state index contributed by atoms with van der Waals surface area (Å²) in [4.78, 5) is 32.0. The Morgan fingerprint density at radius 1 is 1.10 bits per heavy atom. The topological polar surface area (TPSA) is 169 Å². The van der Waals surface area contributed by atoms with Gasteiger partial charge in [0.1, 0.15) is 5.56 Å². The number of carbonyl (C=O) groups excluding carboxylic acids is 1. The van der Waals surface area contributed by atoms with Crippen LogP contribution in [-0.4, -0.2) is 40.5 Å². The first-order valence-electron chi connectivity index (χ1n) is 8.22. The SMILES string of the molecule is NC(=O)c1cnn(-c2ncccn2)c1N=Nc1c(O)n(-c2ccccc2)[nH]c1=O. The molecule has 0 atom stereocenters. The molecule has 0 aliphatic carbocycles. The number of aromatic amines is 1. The van der Waals surface area contributed by atoms with Crippen molar-refractivity contribution in [2.24, 2.45) is 16.0 Å². The van der Waals surface area contributed by atoms with Crippen molar-refractivity contribution >= 4 is 17.4 Å². The molecule has 0 radical (unpaired) electrons. The Morgan fingerprint density at radius 2 is 1.83 bits per heavy atom. The highest BCUT2D eigenvalue weighted by molar-refractivity contribution is 5.97. The third kappa shape index (κ3) is 3.25. The molecule has 4 rings (SSSR count). The molecule has 0 fully saturated rings. The van der Waals surface area contributed by atoms with E-state index in [2.05, 4.69) is 30.4 Å². The van der Waals surface area contributed by atoms with Gasteiger partial charge in [-0.2, -0.15) is 9.78 Å². The van der Waals surface area contributed by atoms with E-state index < -0.39 is 17.3 Å². The summed E-state index contributed by atoms with van der Waals surface area (Å²) < 4.78 is 2.30. The first-order chi connectivity index (χ1) is 14.1. The van der Waals surface area contributed by atoms with Crippen molar-refractivity contribution in [3.63, 3.8) is 0 Å². The molecular weight excluding hydrogens is 378 g/mol. The van der Waals surface area contributed by atoms with Gasteiger partial charge in [0, 0.05) is 12.4 Å². The molecule has 12 heteroatoms. The number of para-hydroxylation sites is 1. The van der Waals surface area contributed by atoms with Crippen LogP contribution >= 0.6 is 0 Å². The molecule has 144 valence electrons. The quantitative estimate of drug-likeness (QED) is 0.434. The van der Waals surface area contributed by atoms with Gasteiger partial charge in [0.05, 0.1) is 11.9 Å². The van der Waals surface area contributed by atoms with Crippen molar-refractivity contribution in [1.82, 2.24) is 29.5 Å². The van der Waals surface area contributed by atoms with Crippen LogP contribution in [0.25, 0.3) is 11.6 Å². The van der Waals surface area contributed by atoms with E-state index in [-0.39, 0.29) is 23.0 Å². The zero-order valence-corrected chi connectivity index (χ0v) is 14.7. The third-order valence-electron chi connectivity index (χ3n) is 3.86. The fraction of sp³-hybridized carbons (Fsp3) is 0. The van der Waals surface area contributed by atoms with E-state index in [0.29, 0.717) is 5.69 Å². The van der Waals surface area contributed by atoms with E-state index in [9.17, 15) is 14.7 Å². The van der Waals surface area contributed by atoms with Crippen LogP contribution in [0.1, 0.15) is 10.4 Å². The molecule has 12 nitrogen and oxygen atoms in total. The summed E-state index contributed by atoms with van der Waals surface area (Å²) in [5.74, 6) is -1.22. The lowest BCUT2D eigenvalue weighted by Crippen LogP contribution is -2.10. The monoisotopic (exact) mass is 391 g/mol. The lowest BCUT2D eigenvalue weighted by Gasteiger charge is -2.03. The fourth-order valence-corrected chi connectivity index (χ4v) is 2.53. The number of hydrogen-bond donors (Lipinski definition) is 3. The lowest BCUT2D eigenvalue weighted by atomic mass is 10.3. The van der Waals surface area contributed by atoms with Crippen molar-refractivity contribution in [3.8, 4) is 17.5 Å². The van der Waals surface area contributed by atoms with E-state index in [0.717, 1.165) is 9.36 Å². The molecule has 3 aromatic heterocycles. The van der Waals surface area contributed by atoms with E-state index in [4.69, 9.17) is 5.73 Å². The molecule has 0 spiro atoms. The van der Waals surface area contributed by atoms with E-state index in [1.165, 1.54) is 18.6 Å². The summed E-state index contributed by atoms with van der Waals surface area (Å²) in [6.45, 7) is 0. The Kier molecular flexibility index (Phi) is 4.41. The number of primary amides is 1. The number of nitrogens with zero attached hydrogens (tertiary/aromatic N) is 7. The van der Waals surface area contributed by atoms with Crippen LogP contribution in [-0.2, 0) is 0 Å². The highest BCUT2D eigenvalue weighted by Crippen LogP contribution is 2.28. The maximum atomic E-state index is 12.2. The molecule has 0 aliphatic heterocycles. The molecule has 1 aromatic carbocycles. The lowest BCUT2D eigenvalue weighted by molar-refractivity contribution is 0.100. The molecule has 0 saturated heterocycles. The van der Waals surface area contributed by atoms with Gasteiger partial charge in [-0.3, -0.25) is 14.7 Å². The molecule has 3 heterocycles. The number of azo groups is 1. The van der Waals surface area contributed by atoms with Gasteiger partial charge in [0.15, 0.2) is 5.82 Å². The molecular formula is C17H13N9O3. The second-order valence-electron chi connectivity index (χ2n) is 5.69. The van der Waals surface area contributed by atoms with Gasteiger partial charge < -0.3 is 10.8 Å². The van der Waals surface area contributed by atoms with Crippen molar-refractivity contribution in [3.05, 3.63) is 70.9 Å². The fourth-order valence-electron chi connectivity index (χ4n) is 2.53. The number of nitrogens with two attached hydrogens (primary N) is 1. The van der Waals surface area contributed by atoms with Crippen molar-refractivity contribution in [1.29, 1.82) is 0 Å². The number of nitrogens with one attached hydrogen (secondary N) is 1. The van der Waals surface area contributed by atoms with Gasteiger partial charge in [-0.05, 0) is 18.2 Å². The van der Waals surface area contributed by atoms with Crippen molar-refractivity contribution in [2.45, 2.75) is 0 Å². The normalized spacial score (nSPS) is 11.2. The summed E-state index contributed by atoms with van der Waals surface area (Å²) in [5, 5.41) is 24.6. The molecule has 0 unspecified atom stereocenters. The van der Waals surface area contributed by atoms with Crippen LogP contribution in [0.2, 0.25) is 0 Å². The predicted octanol–water partition coefficient (Wildman–Crippen LogP) is 1.36. The molecule has 4 N–H and O–H groups in total. The number of rotatable bonds is 5. The van der Waals surface area contributed by atoms with E-state index >= 15 is 0 Å². The second-order valence-corrected chi connectivity index (χ2v) is 5.69. The molecule has 0 aliphatic rings. The average Bonchev–Trinajstić information content (AvgIpc) is 3.29. The maximum absolute atomic E-state index is 12.2. The minimum atomic E-state index is -0.805. The summed E-state index contributed by atoms with van der Waals surface area (Å²) in [7, 11) is 0. The minimum Gasteiger partial charge on any atom is -0.492 e. The molecule has 0 bridgehead atoms. The molecule has 4 aromatic rings. The van der Waals surface area contributed by atoms with Crippen molar-refractivity contribution < 1.29 is 9.90 Å². The Hall–Kier alpha value is -4.61. The highest BCUT2D eigenvalue weighted by atomic mass is 16.3. The van der Waals surface area contributed by atoms with E-state index in [1.807, 2.05) is 0 Å². The van der Waals surface area contributed by atoms with Crippen LogP contribution in [0.5, 0.6) is 5.88 Å². The standard InChI is InChI=1S/C17H13N9O3/c18-13(27)11-9-21-26(17-19-7-4-8-20-17)14(11)23-22-12-15(28)24-25(16(12)29)10-5-2-1-3-6-10/h1-9,29H,(H2,18,27)(H,24,28). The van der Waals surface area contributed by atoms with Gasteiger partial charge in [0.2, 0.25) is 11.6 Å². The second kappa shape index (κ2) is 7.19. The summed E-state index contributed by atoms with van der Waals surface area (Å²) in [6, 6.07) is 10.2. The van der Waals surface area contributed by atoms with Gasteiger partial charge >= 0.3 is 0 Å². The molecule has 1 amide bonds.